The topological polar surface area (TPSA) is 141 Å². The van der Waals surface area contributed by atoms with Gasteiger partial charge in [0.1, 0.15) is 24.9 Å². The lowest BCUT2D eigenvalue weighted by atomic mass is 9.89. The molecule has 1 fully saturated rings. The van der Waals surface area contributed by atoms with Crippen molar-refractivity contribution >= 4 is 23.6 Å². The van der Waals surface area contributed by atoms with Gasteiger partial charge in [-0.2, -0.15) is 0 Å². The highest BCUT2D eigenvalue weighted by Crippen LogP contribution is 2.40. The number of nitrogens with zero attached hydrogens (tertiary/aromatic N) is 1. The first-order chi connectivity index (χ1) is 20.8. The van der Waals surface area contributed by atoms with Crippen LogP contribution in [0.25, 0.3) is 0 Å². The fraction of sp³-hybridized carbons (Fsp3) is 0.559. The number of carbonyl (C=O) groups excluding carboxylic acids is 3. The maximum absolute atomic E-state index is 13.4. The molecule has 11 heteroatoms. The predicted molar refractivity (Wildman–Crippen MR) is 165 cm³/mol. The zero-order chi connectivity index (χ0) is 33.7. The Bertz CT molecular complexity index is 1340. The third-order valence-corrected chi connectivity index (χ3v) is 7.05. The van der Waals surface area contributed by atoms with Crippen LogP contribution in [-0.4, -0.2) is 53.9 Å². The number of benzene rings is 2. The second-order valence-corrected chi connectivity index (χ2v) is 14.3. The lowest BCUT2D eigenvalue weighted by Gasteiger charge is -2.46. The second kappa shape index (κ2) is 14.1. The van der Waals surface area contributed by atoms with Gasteiger partial charge in [-0.15, -0.1) is 0 Å². The van der Waals surface area contributed by atoms with Gasteiger partial charge in [-0.05, 0) is 85.6 Å². The maximum Gasteiger partial charge on any atom is 0.311 e. The zero-order valence-electron chi connectivity index (χ0n) is 27.5. The Morgan fingerprint density at radius 2 is 1.24 bits per heavy atom. The van der Waals surface area contributed by atoms with Gasteiger partial charge in [0.15, 0.2) is 12.2 Å². The number of non-ortho nitro benzene ring substituents is 1. The van der Waals surface area contributed by atoms with Crippen molar-refractivity contribution in [2.45, 2.75) is 99.4 Å². The van der Waals surface area contributed by atoms with Gasteiger partial charge in [-0.25, -0.2) is 0 Å². The Balaban J connectivity index is 2.16. The van der Waals surface area contributed by atoms with E-state index in [4.69, 9.17) is 23.7 Å². The van der Waals surface area contributed by atoms with Gasteiger partial charge in [-0.3, -0.25) is 24.5 Å². The fourth-order valence-corrected chi connectivity index (χ4v) is 4.30. The Kier molecular flexibility index (Phi) is 11.2. The normalized spacial score (nSPS) is 22.3. The molecule has 2 aromatic rings. The number of esters is 3. The minimum atomic E-state index is -1.23. The molecule has 0 amide bonds. The Hall–Kier alpha value is -3.83. The van der Waals surface area contributed by atoms with Crippen LogP contribution in [0.3, 0.4) is 0 Å². The molecule has 1 aliphatic heterocycles. The fourth-order valence-electron chi connectivity index (χ4n) is 4.30. The third kappa shape index (κ3) is 9.58. The van der Waals surface area contributed by atoms with Gasteiger partial charge in [-0.1, -0.05) is 30.3 Å². The molecule has 1 aliphatic rings. The highest BCUT2D eigenvalue weighted by molar-refractivity contribution is 5.77. The summed E-state index contributed by atoms with van der Waals surface area (Å²) in [6.07, 6.45) is -5.53. The van der Waals surface area contributed by atoms with Crippen molar-refractivity contribution in [2.24, 2.45) is 16.2 Å². The second-order valence-electron chi connectivity index (χ2n) is 14.3. The molecule has 0 unspecified atom stereocenters. The highest BCUT2D eigenvalue weighted by Gasteiger charge is 2.53. The van der Waals surface area contributed by atoms with E-state index in [1.807, 2.05) is 30.3 Å². The number of hydrogen-bond acceptors (Lipinski definition) is 10. The Morgan fingerprint density at radius 1 is 0.733 bits per heavy atom. The molecule has 0 spiro atoms. The number of hydrogen-bond donors (Lipinski definition) is 0. The van der Waals surface area contributed by atoms with Crippen molar-refractivity contribution in [3.63, 3.8) is 0 Å². The van der Waals surface area contributed by atoms with E-state index in [1.54, 1.807) is 62.3 Å². The number of nitro benzene ring substituents is 1. The Morgan fingerprint density at radius 3 is 1.73 bits per heavy atom. The van der Waals surface area contributed by atoms with Crippen molar-refractivity contribution in [2.75, 3.05) is 6.61 Å². The zero-order valence-corrected chi connectivity index (χ0v) is 27.5. The summed E-state index contributed by atoms with van der Waals surface area (Å²) in [6.45, 7) is 15.0. The van der Waals surface area contributed by atoms with E-state index in [2.05, 4.69) is 0 Å². The van der Waals surface area contributed by atoms with Crippen LogP contribution >= 0.6 is 0 Å². The molecular formula is C34H45NO10. The molecule has 0 N–H and O–H groups in total. The molecule has 0 saturated carbocycles. The van der Waals surface area contributed by atoms with E-state index in [0.717, 1.165) is 5.56 Å². The lowest BCUT2D eigenvalue weighted by molar-refractivity contribution is -0.384. The first-order valence-corrected chi connectivity index (χ1v) is 14.9. The van der Waals surface area contributed by atoms with E-state index >= 15 is 0 Å². The van der Waals surface area contributed by atoms with Crippen LogP contribution < -0.4 is 0 Å². The summed E-state index contributed by atoms with van der Waals surface area (Å²) < 4.78 is 30.7. The van der Waals surface area contributed by atoms with Crippen LogP contribution in [0.4, 0.5) is 5.69 Å². The van der Waals surface area contributed by atoms with Gasteiger partial charge in [0, 0.05) is 12.1 Å². The van der Waals surface area contributed by atoms with Crippen molar-refractivity contribution in [1.82, 2.24) is 0 Å². The van der Waals surface area contributed by atoms with Crippen LogP contribution in [-0.2, 0) is 44.7 Å². The molecule has 246 valence electrons. The minimum Gasteiger partial charge on any atom is -0.462 e. The van der Waals surface area contributed by atoms with Crippen molar-refractivity contribution in [3.05, 3.63) is 75.8 Å². The molecule has 5 atom stereocenters. The summed E-state index contributed by atoms with van der Waals surface area (Å²) >= 11 is 0. The van der Waals surface area contributed by atoms with Gasteiger partial charge in [0.05, 0.1) is 27.8 Å². The van der Waals surface area contributed by atoms with Crippen molar-refractivity contribution < 1.29 is 43.0 Å². The van der Waals surface area contributed by atoms with E-state index in [1.165, 1.54) is 24.3 Å². The average Bonchev–Trinajstić information content (AvgIpc) is 2.95. The molecule has 0 bridgehead atoms. The van der Waals surface area contributed by atoms with Gasteiger partial charge < -0.3 is 23.7 Å². The quantitative estimate of drug-likeness (QED) is 0.138. The molecule has 0 radical (unpaired) electrons. The molecule has 1 heterocycles. The largest absolute Gasteiger partial charge is 0.462 e. The number of nitro groups is 1. The summed E-state index contributed by atoms with van der Waals surface area (Å²) in [5.74, 6) is -1.67. The summed E-state index contributed by atoms with van der Waals surface area (Å²) in [5, 5.41) is 11.4. The number of rotatable bonds is 9. The van der Waals surface area contributed by atoms with E-state index in [9.17, 15) is 24.5 Å². The standard InChI is InChI=1S/C34H45NO10/c1-32(2,3)29(36)42-20-24-26(44-30(37)33(4,5)6)28(45-31(38)34(7,8)9)27(41-19-21-13-11-10-12-14-21)25(43-24)22-15-17-23(18-16-22)35(39)40/h10-18,24-28H,19-20H2,1-9H3/t24-,25+,26-,27+,28+/m1/s1. The summed E-state index contributed by atoms with van der Waals surface area (Å²) in [6, 6.07) is 15.1. The summed E-state index contributed by atoms with van der Waals surface area (Å²) in [7, 11) is 0. The van der Waals surface area contributed by atoms with Crippen LogP contribution in [0.15, 0.2) is 54.6 Å². The predicted octanol–water partition coefficient (Wildman–Crippen LogP) is 6.13. The van der Waals surface area contributed by atoms with Crippen LogP contribution in [0.2, 0.25) is 0 Å². The van der Waals surface area contributed by atoms with Gasteiger partial charge in [0.25, 0.3) is 5.69 Å². The number of ether oxygens (including phenoxy) is 5. The molecule has 0 aliphatic carbocycles. The molecule has 2 aromatic carbocycles. The minimum absolute atomic E-state index is 0.0888. The summed E-state index contributed by atoms with van der Waals surface area (Å²) in [4.78, 5) is 50.4. The van der Waals surface area contributed by atoms with Crippen LogP contribution in [0.5, 0.6) is 0 Å². The third-order valence-electron chi connectivity index (χ3n) is 7.05. The van der Waals surface area contributed by atoms with Crippen molar-refractivity contribution in [3.8, 4) is 0 Å². The first-order valence-electron chi connectivity index (χ1n) is 14.9. The van der Waals surface area contributed by atoms with Gasteiger partial charge in [0.2, 0.25) is 0 Å². The van der Waals surface area contributed by atoms with E-state index in [-0.39, 0.29) is 18.9 Å². The van der Waals surface area contributed by atoms with Gasteiger partial charge >= 0.3 is 17.9 Å². The van der Waals surface area contributed by atoms with Crippen LogP contribution in [0, 0.1) is 26.4 Å². The lowest BCUT2D eigenvalue weighted by Crippen LogP contribution is -2.60. The molecule has 45 heavy (non-hydrogen) atoms. The van der Waals surface area contributed by atoms with E-state index < -0.39 is 69.6 Å². The SMILES string of the molecule is CC(C)(C)C(=O)OC[C@H]1O[C@@H](c2ccc([N+](=O)[O-])cc2)[C@H](OCc2ccccc2)[C@@H](OC(=O)C(C)(C)C)[C@@H]1OC(=O)C(C)(C)C. The average molecular weight is 628 g/mol. The van der Waals surface area contributed by atoms with E-state index in [0.29, 0.717) is 5.56 Å². The molecule has 3 rings (SSSR count). The molecular weight excluding hydrogens is 582 g/mol. The smallest absolute Gasteiger partial charge is 0.311 e. The highest BCUT2D eigenvalue weighted by atomic mass is 16.7. The first kappa shape index (κ1) is 35.6. The summed E-state index contributed by atoms with van der Waals surface area (Å²) in [5.41, 5.74) is -1.50. The maximum atomic E-state index is 13.4. The monoisotopic (exact) mass is 627 g/mol. The number of carbonyl (C=O) groups is 3. The molecule has 1 saturated heterocycles. The van der Waals surface area contributed by atoms with Crippen molar-refractivity contribution in [1.29, 1.82) is 0 Å². The Labute approximate surface area is 264 Å². The molecule has 0 aromatic heterocycles. The molecule has 11 nitrogen and oxygen atoms in total. The van der Waals surface area contributed by atoms with Crippen LogP contribution in [0.1, 0.15) is 79.5 Å².